The van der Waals surface area contributed by atoms with E-state index < -0.39 is 0 Å². The van der Waals surface area contributed by atoms with Crippen LogP contribution in [-0.4, -0.2) is 34.6 Å². The number of thiazole rings is 1. The van der Waals surface area contributed by atoms with Gasteiger partial charge in [-0.3, -0.25) is 4.90 Å². The van der Waals surface area contributed by atoms with E-state index in [-0.39, 0.29) is 0 Å². The van der Waals surface area contributed by atoms with E-state index >= 15 is 0 Å². The molecule has 1 saturated heterocycles. The molecule has 4 rings (SSSR count). The maximum atomic E-state index is 4.79. The second-order valence-corrected chi connectivity index (χ2v) is 8.72. The number of aryl methyl sites for hydroxylation is 2. The van der Waals surface area contributed by atoms with E-state index in [0.717, 1.165) is 18.5 Å². The zero-order valence-electron chi connectivity index (χ0n) is 13.3. The Morgan fingerprint density at radius 2 is 2.05 bits per heavy atom. The Hall–Kier alpha value is -0.450. The fourth-order valence-corrected chi connectivity index (χ4v) is 5.26. The number of aromatic nitrogens is 1. The molecule has 1 spiro atoms. The fraction of sp³-hybridized carbons (Fsp3) is 0.824. The van der Waals surface area contributed by atoms with Crippen LogP contribution in [0.4, 0.5) is 0 Å². The minimum atomic E-state index is 0.423. The average Bonchev–Trinajstić information content (AvgIpc) is 3.12. The molecule has 0 bridgehead atoms. The first-order valence-corrected chi connectivity index (χ1v) is 9.39. The van der Waals surface area contributed by atoms with Crippen LogP contribution in [0.5, 0.6) is 0 Å². The summed E-state index contributed by atoms with van der Waals surface area (Å²) in [4.78, 5) is 8.95. The highest BCUT2D eigenvalue weighted by Gasteiger charge is 2.45. The second-order valence-electron chi connectivity index (χ2n) is 7.43. The molecule has 2 saturated carbocycles. The van der Waals surface area contributed by atoms with Crippen molar-refractivity contribution >= 4 is 11.3 Å². The molecule has 1 aliphatic heterocycles. The van der Waals surface area contributed by atoms with Crippen molar-refractivity contribution in [1.29, 1.82) is 0 Å². The summed E-state index contributed by atoms with van der Waals surface area (Å²) in [6.45, 7) is 7.86. The van der Waals surface area contributed by atoms with Gasteiger partial charge in [-0.25, -0.2) is 4.98 Å². The second kappa shape index (κ2) is 5.32. The molecule has 2 aliphatic carbocycles. The van der Waals surface area contributed by atoms with Gasteiger partial charge < -0.3 is 5.32 Å². The number of hydrogen-bond acceptors (Lipinski definition) is 4. The van der Waals surface area contributed by atoms with Crippen molar-refractivity contribution < 1.29 is 0 Å². The van der Waals surface area contributed by atoms with Crippen molar-refractivity contribution in [2.45, 2.75) is 70.5 Å². The molecule has 0 radical (unpaired) electrons. The first kappa shape index (κ1) is 14.2. The highest BCUT2D eigenvalue weighted by molar-refractivity contribution is 7.11. The molecule has 4 heteroatoms. The van der Waals surface area contributed by atoms with Crippen molar-refractivity contribution in [3.8, 4) is 0 Å². The van der Waals surface area contributed by atoms with Gasteiger partial charge in [-0.05, 0) is 45.4 Å². The zero-order chi connectivity index (χ0) is 14.4. The molecule has 0 amide bonds. The maximum absolute atomic E-state index is 4.79. The number of piperazine rings is 1. The van der Waals surface area contributed by atoms with Gasteiger partial charge >= 0.3 is 0 Å². The molecule has 1 aromatic heterocycles. The Balaban J connectivity index is 1.52. The molecule has 3 nitrogen and oxygen atoms in total. The van der Waals surface area contributed by atoms with Gasteiger partial charge in [-0.2, -0.15) is 0 Å². The number of nitrogens with zero attached hydrogens (tertiary/aromatic N) is 2. The molecule has 116 valence electrons. The van der Waals surface area contributed by atoms with Crippen LogP contribution in [-0.2, 0) is 6.54 Å². The Bertz CT molecular complexity index is 495. The quantitative estimate of drug-likeness (QED) is 0.929. The average molecular weight is 305 g/mol. The lowest BCUT2D eigenvalue weighted by atomic mass is 9.91. The van der Waals surface area contributed by atoms with Gasteiger partial charge in [0.1, 0.15) is 5.01 Å². The highest BCUT2D eigenvalue weighted by Crippen LogP contribution is 2.41. The summed E-state index contributed by atoms with van der Waals surface area (Å²) in [6.07, 6.45) is 8.43. The molecular formula is C17H27N3S. The van der Waals surface area contributed by atoms with Crippen LogP contribution >= 0.6 is 11.3 Å². The Labute approximate surface area is 132 Å². The maximum Gasteiger partial charge on any atom is 0.107 e. The molecule has 1 aromatic rings. The van der Waals surface area contributed by atoms with Gasteiger partial charge in [-0.15, -0.1) is 11.3 Å². The summed E-state index contributed by atoms with van der Waals surface area (Å²) >= 11 is 1.90. The van der Waals surface area contributed by atoms with Crippen LogP contribution in [0.25, 0.3) is 0 Å². The normalized spacial score (nSPS) is 29.3. The molecule has 1 N–H and O–H groups in total. The first-order valence-electron chi connectivity index (χ1n) is 8.57. The Kier molecular flexibility index (Phi) is 3.59. The van der Waals surface area contributed by atoms with E-state index in [0.29, 0.717) is 5.54 Å². The predicted octanol–water partition coefficient (Wildman–Crippen LogP) is 3.26. The summed E-state index contributed by atoms with van der Waals surface area (Å²) in [5.41, 5.74) is 1.65. The van der Waals surface area contributed by atoms with Gasteiger partial charge in [0.2, 0.25) is 0 Å². The van der Waals surface area contributed by atoms with Crippen molar-refractivity contribution in [3.63, 3.8) is 0 Å². The Morgan fingerprint density at radius 1 is 1.29 bits per heavy atom. The molecule has 21 heavy (non-hydrogen) atoms. The van der Waals surface area contributed by atoms with Gasteiger partial charge in [0, 0.05) is 29.5 Å². The lowest BCUT2D eigenvalue weighted by Gasteiger charge is -2.46. The number of hydrogen-bond donors (Lipinski definition) is 1. The van der Waals surface area contributed by atoms with Gasteiger partial charge in [0.25, 0.3) is 0 Å². The molecule has 1 atom stereocenters. The lowest BCUT2D eigenvalue weighted by Crippen LogP contribution is -2.63. The highest BCUT2D eigenvalue weighted by atomic mass is 32.1. The Morgan fingerprint density at radius 3 is 2.67 bits per heavy atom. The zero-order valence-corrected chi connectivity index (χ0v) is 14.1. The minimum Gasteiger partial charge on any atom is -0.308 e. The predicted molar refractivity (Wildman–Crippen MR) is 87.7 cm³/mol. The smallest absolute Gasteiger partial charge is 0.107 e. The summed E-state index contributed by atoms with van der Waals surface area (Å²) in [5.74, 6) is 0.943. The van der Waals surface area contributed by atoms with E-state index in [1.54, 1.807) is 0 Å². The molecule has 3 fully saturated rings. The lowest BCUT2D eigenvalue weighted by molar-refractivity contribution is 0.0626. The minimum absolute atomic E-state index is 0.423. The largest absolute Gasteiger partial charge is 0.308 e. The molecule has 1 unspecified atom stereocenters. The van der Waals surface area contributed by atoms with E-state index in [4.69, 9.17) is 4.98 Å². The standard InChI is InChI=1S/C17H27N3S/c1-12-13(2)21-16(19-12)10-20-11-17(7-3-4-8-17)18-9-15(20)14-5-6-14/h14-15,18H,3-11H2,1-2H3. The summed E-state index contributed by atoms with van der Waals surface area (Å²) < 4.78 is 0. The molecular weight excluding hydrogens is 278 g/mol. The van der Waals surface area contributed by atoms with E-state index in [9.17, 15) is 0 Å². The topological polar surface area (TPSA) is 28.2 Å². The fourth-order valence-electron chi connectivity index (χ4n) is 4.30. The van der Waals surface area contributed by atoms with Crippen LogP contribution in [0.1, 0.15) is 54.1 Å². The van der Waals surface area contributed by atoms with E-state index in [1.165, 1.54) is 67.2 Å². The van der Waals surface area contributed by atoms with Crippen LogP contribution < -0.4 is 5.32 Å². The van der Waals surface area contributed by atoms with Gasteiger partial charge in [0.15, 0.2) is 0 Å². The monoisotopic (exact) mass is 305 g/mol. The molecule has 2 heterocycles. The van der Waals surface area contributed by atoms with Crippen molar-refractivity contribution in [1.82, 2.24) is 15.2 Å². The molecule has 3 aliphatic rings. The van der Waals surface area contributed by atoms with Crippen LogP contribution in [0.15, 0.2) is 0 Å². The number of nitrogens with one attached hydrogen (secondary N) is 1. The summed E-state index contributed by atoms with van der Waals surface area (Å²) in [5, 5.41) is 5.26. The third-order valence-corrected chi connectivity index (χ3v) is 6.86. The SMILES string of the molecule is Cc1nc(CN2CC3(CCCC3)NCC2C2CC2)sc1C. The summed E-state index contributed by atoms with van der Waals surface area (Å²) in [7, 11) is 0. The van der Waals surface area contributed by atoms with Crippen molar-refractivity contribution in [2.75, 3.05) is 13.1 Å². The van der Waals surface area contributed by atoms with Crippen molar-refractivity contribution in [3.05, 3.63) is 15.6 Å². The number of rotatable bonds is 3. The third kappa shape index (κ3) is 2.78. The summed E-state index contributed by atoms with van der Waals surface area (Å²) in [6, 6.07) is 0.751. The third-order valence-electron chi connectivity index (χ3n) is 5.80. The van der Waals surface area contributed by atoms with Crippen LogP contribution in [0, 0.1) is 19.8 Å². The molecule has 0 aromatic carbocycles. The van der Waals surface area contributed by atoms with Gasteiger partial charge in [-0.1, -0.05) is 12.8 Å². The van der Waals surface area contributed by atoms with Crippen molar-refractivity contribution in [2.24, 2.45) is 5.92 Å². The van der Waals surface area contributed by atoms with E-state index in [2.05, 4.69) is 24.1 Å². The van der Waals surface area contributed by atoms with Gasteiger partial charge in [0.05, 0.1) is 12.2 Å². The van der Waals surface area contributed by atoms with E-state index in [1.807, 2.05) is 11.3 Å². The first-order chi connectivity index (χ1) is 10.2. The van der Waals surface area contributed by atoms with Crippen LogP contribution in [0.3, 0.4) is 0 Å². The van der Waals surface area contributed by atoms with Crippen LogP contribution in [0.2, 0.25) is 0 Å².